The van der Waals surface area contributed by atoms with Gasteiger partial charge >= 0.3 is 5.97 Å². The smallest absolute Gasteiger partial charge is 0.308 e. The van der Waals surface area contributed by atoms with Crippen molar-refractivity contribution in [1.29, 1.82) is 0 Å². The number of aromatic nitrogens is 2. The Morgan fingerprint density at radius 3 is 2.83 bits per heavy atom. The molecule has 0 aliphatic carbocycles. The Kier molecular flexibility index (Phi) is 3.92. The molecule has 9 heteroatoms. The molecule has 1 aliphatic rings. The highest BCUT2D eigenvalue weighted by Gasteiger charge is 2.33. The third-order valence-electron chi connectivity index (χ3n) is 4.26. The van der Waals surface area contributed by atoms with Crippen LogP contribution < -0.4 is 0 Å². The molecule has 2 heterocycles. The average Bonchev–Trinajstić information content (AvgIpc) is 2.96. The van der Waals surface area contributed by atoms with Crippen molar-refractivity contribution in [3.8, 4) is 0 Å². The summed E-state index contributed by atoms with van der Waals surface area (Å²) in [6.45, 7) is 2.44. The van der Waals surface area contributed by atoms with E-state index in [1.54, 1.807) is 0 Å². The fraction of sp³-hybridized carbons (Fsp3) is 0.400. The predicted molar refractivity (Wildman–Crippen MR) is 83.6 cm³/mol. The SMILES string of the molecule is CC1CC(C(=O)O)CN(C(=O)c2n[nH]c3ccc([N+](=O)[O-])cc23)C1. The Labute approximate surface area is 136 Å². The van der Waals surface area contributed by atoms with Crippen LogP contribution in [0.2, 0.25) is 0 Å². The summed E-state index contributed by atoms with van der Waals surface area (Å²) in [4.78, 5) is 35.8. The molecule has 2 aromatic rings. The highest BCUT2D eigenvalue weighted by atomic mass is 16.6. The molecule has 0 saturated carbocycles. The molecule has 0 spiro atoms. The normalized spacial score (nSPS) is 21.0. The van der Waals surface area contributed by atoms with E-state index in [9.17, 15) is 24.8 Å². The summed E-state index contributed by atoms with van der Waals surface area (Å²) in [6.07, 6.45) is 0.520. The molecule has 1 fully saturated rings. The Bertz CT molecular complexity index is 830. The van der Waals surface area contributed by atoms with Crippen molar-refractivity contribution < 1.29 is 19.6 Å². The van der Waals surface area contributed by atoms with Gasteiger partial charge in [0.15, 0.2) is 5.69 Å². The molecule has 126 valence electrons. The van der Waals surface area contributed by atoms with Gasteiger partial charge in [-0.25, -0.2) is 0 Å². The summed E-state index contributed by atoms with van der Waals surface area (Å²) in [6, 6.07) is 4.13. The van der Waals surface area contributed by atoms with Crippen molar-refractivity contribution in [2.45, 2.75) is 13.3 Å². The summed E-state index contributed by atoms with van der Waals surface area (Å²) in [5, 5.41) is 27.2. The Morgan fingerprint density at radius 2 is 2.17 bits per heavy atom. The molecule has 2 N–H and O–H groups in total. The van der Waals surface area contributed by atoms with Gasteiger partial charge in [0.2, 0.25) is 0 Å². The van der Waals surface area contributed by atoms with Crippen LogP contribution in [0.15, 0.2) is 18.2 Å². The van der Waals surface area contributed by atoms with Crippen LogP contribution in [0.1, 0.15) is 23.8 Å². The summed E-state index contributed by atoms with van der Waals surface area (Å²) in [5.74, 6) is -1.90. The number of rotatable bonds is 3. The molecular weight excluding hydrogens is 316 g/mol. The van der Waals surface area contributed by atoms with Crippen molar-refractivity contribution in [2.24, 2.45) is 11.8 Å². The summed E-state index contributed by atoms with van der Waals surface area (Å²) in [5.41, 5.74) is 0.462. The molecule has 0 radical (unpaired) electrons. The molecule has 1 aromatic carbocycles. The predicted octanol–water partition coefficient (Wildman–Crippen LogP) is 1.65. The zero-order valence-corrected chi connectivity index (χ0v) is 12.9. The van der Waals surface area contributed by atoms with Gasteiger partial charge in [-0.1, -0.05) is 6.92 Å². The molecule has 1 aliphatic heterocycles. The Morgan fingerprint density at radius 1 is 1.42 bits per heavy atom. The number of carboxylic acids is 1. The number of H-pyrrole nitrogens is 1. The van der Waals surface area contributed by atoms with Gasteiger partial charge in [0, 0.05) is 30.6 Å². The molecule has 1 amide bonds. The number of nitrogens with one attached hydrogen (secondary N) is 1. The number of hydrogen-bond donors (Lipinski definition) is 2. The zero-order chi connectivity index (χ0) is 17.4. The molecule has 9 nitrogen and oxygen atoms in total. The maximum absolute atomic E-state index is 12.8. The topological polar surface area (TPSA) is 129 Å². The number of carbonyl (C=O) groups excluding carboxylic acids is 1. The van der Waals surface area contributed by atoms with Gasteiger partial charge < -0.3 is 10.0 Å². The number of carbonyl (C=O) groups is 2. The van der Waals surface area contributed by atoms with Gasteiger partial charge in [0.1, 0.15) is 0 Å². The molecule has 3 rings (SSSR count). The molecule has 1 aromatic heterocycles. The van der Waals surface area contributed by atoms with Crippen LogP contribution in [-0.4, -0.2) is 50.1 Å². The van der Waals surface area contributed by atoms with Crippen molar-refractivity contribution in [2.75, 3.05) is 13.1 Å². The van der Waals surface area contributed by atoms with Gasteiger partial charge in [-0.2, -0.15) is 5.10 Å². The number of aromatic amines is 1. The second-order valence-corrected chi connectivity index (χ2v) is 6.15. The van der Waals surface area contributed by atoms with Crippen LogP contribution in [0.5, 0.6) is 0 Å². The zero-order valence-electron chi connectivity index (χ0n) is 12.9. The fourth-order valence-electron chi connectivity index (χ4n) is 3.12. The fourth-order valence-corrected chi connectivity index (χ4v) is 3.12. The molecule has 2 atom stereocenters. The lowest BCUT2D eigenvalue weighted by atomic mass is 9.90. The van der Waals surface area contributed by atoms with Crippen molar-refractivity contribution in [3.05, 3.63) is 34.0 Å². The van der Waals surface area contributed by atoms with Gasteiger partial charge in [-0.05, 0) is 18.4 Å². The average molecular weight is 332 g/mol. The Hall–Kier alpha value is -2.97. The number of non-ortho nitro benzene ring substituents is 1. The van der Waals surface area contributed by atoms with Crippen LogP contribution in [0, 0.1) is 22.0 Å². The van der Waals surface area contributed by atoms with E-state index < -0.39 is 22.7 Å². The van der Waals surface area contributed by atoms with Crippen LogP contribution in [-0.2, 0) is 4.79 Å². The molecule has 24 heavy (non-hydrogen) atoms. The summed E-state index contributed by atoms with van der Waals surface area (Å²) >= 11 is 0. The Balaban J connectivity index is 1.94. The number of nitrogens with zero attached hydrogens (tertiary/aromatic N) is 3. The first kappa shape index (κ1) is 15.9. The minimum Gasteiger partial charge on any atom is -0.481 e. The van der Waals surface area contributed by atoms with Crippen LogP contribution in [0.4, 0.5) is 5.69 Å². The van der Waals surface area contributed by atoms with E-state index in [1.165, 1.54) is 23.1 Å². The largest absolute Gasteiger partial charge is 0.481 e. The maximum atomic E-state index is 12.8. The standard InChI is InChI=1S/C15H16N4O5/c1-8-4-9(15(21)22)7-18(6-8)14(20)13-11-5-10(19(23)24)2-3-12(11)16-17-13/h2-3,5,8-9H,4,6-7H2,1H3,(H,16,17)(H,21,22). The number of amides is 1. The maximum Gasteiger partial charge on any atom is 0.308 e. The van der Waals surface area contributed by atoms with E-state index in [1.807, 2.05) is 6.92 Å². The first-order valence-corrected chi connectivity index (χ1v) is 7.51. The third kappa shape index (κ3) is 2.80. The second kappa shape index (κ2) is 5.91. The third-order valence-corrected chi connectivity index (χ3v) is 4.26. The highest BCUT2D eigenvalue weighted by Crippen LogP contribution is 2.26. The number of nitro benzene ring substituents is 1. The van der Waals surface area contributed by atoms with E-state index in [4.69, 9.17) is 0 Å². The lowest BCUT2D eigenvalue weighted by Crippen LogP contribution is -2.45. The van der Waals surface area contributed by atoms with Crippen molar-refractivity contribution >= 4 is 28.5 Å². The number of nitro groups is 1. The first-order valence-electron chi connectivity index (χ1n) is 7.51. The van der Waals surface area contributed by atoms with E-state index in [2.05, 4.69) is 10.2 Å². The van der Waals surface area contributed by atoms with Crippen molar-refractivity contribution in [1.82, 2.24) is 15.1 Å². The highest BCUT2D eigenvalue weighted by molar-refractivity contribution is 6.05. The van der Waals surface area contributed by atoms with Crippen LogP contribution in [0.3, 0.4) is 0 Å². The molecule has 0 bridgehead atoms. The number of piperidine rings is 1. The first-order chi connectivity index (χ1) is 11.4. The molecular formula is C15H16N4O5. The van der Waals surface area contributed by atoms with E-state index in [-0.39, 0.29) is 23.8 Å². The van der Waals surface area contributed by atoms with E-state index in [0.717, 1.165) is 0 Å². The molecule has 2 unspecified atom stereocenters. The number of carboxylic acid groups (broad SMARTS) is 1. The van der Waals surface area contributed by atoms with Crippen LogP contribution in [0.25, 0.3) is 10.9 Å². The summed E-state index contributed by atoms with van der Waals surface area (Å²) < 4.78 is 0. The van der Waals surface area contributed by atoms with Crippen molar-refractivity contribution in [3.63, 3.8) is 0 Å². The lowest BCUT2D eigenvalue weighted by Gasteiger charge is -2.34. The van der Waals surface area contributed by atoms with E-state index in [0.29, 0.717) is 23.9 Å². The minimum absolute atomic E-state index is 0.0587. The second-order valence-electron chi connectivity index (χ2n) is 6.15. The van der Waals surface area contributed by atoms with Gasteiger partial charge in [0.25, 0.3) is 11.6 Å². The summed E-state index contributed by atoms with van der Waals surface area (Å²) in [7, 11) is 0. The minimum atomic E-state index is -0.929. The monoisotopic (exact) mass is 332 g/mol. The number of likely N-dealkylation sites (tertiary alicyclic amines) is 1. The number of hydrogen-bond acceptors (Lipinski definition) is 5. The number of fused-ring (bicyclic) bond motifs is 1. The molecule has 1 saturated heterocycles. The van der Waals surface area contributed by atoms with Gasteiger partial charge in [0.05, 0.1) is 16.4 Å². The quantitative estimate of drug-likeness (QED) is 0.649. The number of aliphatic carboxylic acids is 1. The van der Waals surface area contributed by atoms with Crippen LogP contribution >= 0.6 is 0 Å². The van der Waals surface area contributed by atoms with Gasteiger partial charge in [-0.3, -0.25) is 24.8 Å². The lowest BCUT2D eigenvalue weighted by molar-refractivity contribution is -0.384. The van der Waals surface area contributed by atoms with E-state index >= 15 is 0 Å². The number of benzene rings is 1. The van der Waals surface area contributed by atoms with Gasteiger partial charge in [-0.15, -0.1) is 0 Å².